The Kier molecular flexibility index (Phi) is 11.5. The third-order valence-electron chi connectivity index (χ3n) is 8.37. The molecule has 0 aliphatic carbocycles. The molecular weight excluding hydrogens is 608 g/mol. The molecule has 1 heterocycles. The molecule has 0 bridgehead atoms. The maximum absolute atomic E-state index is 13.6. The molecule has 3 N–H and O–H groups in total. The van der Waals surface area contributed by atoms with E-state index < -0.39 is 6.03 Å². The van der Waals surface area contributed by atoms with Gasteiger partial charge in [-0.15, -0.1) is 0 Å². The standard InChI is InChI=1S/C38H44N4O6/c1-26-22-42(27(2)25-43)37(44)21-29-20-31(40-38(45)39-30-12-17-32(46-4)18-13-30)14-19-35(29)48-36(26)24-41(3)23-28-10-15-34(16-11-28)47-33-8-6-5-7-9-33/h5-20,26-27,36,43H,21-25H2,1-4H3,(H2,39,40,45)/t26-,27+,36-/m0/s1. The van der Waals surface area contributed by atoms with Crippen LogP contribution in [0.25, 0.3) is 0 Å². The lowest BCUT2D eigenvalue weighted by Crippen LogP contribution is -2.47. The van der Waals surface area contributed by atoms with Crippen LogP contribution in [0.4, 0.5) is 16.2 Å². The second-order valence-corrected chi connectivity index (χ2v) is 12.3. The zero-order chi connectivity index (χ0) is 34.0. The summed E-state index contributed by atoms with van der Waals surface area (Å²) in [6, 6.07) is 29.3. The van der Waals surface area contributed by atoms with Crippen molar-refractivity contribution < 1.29 is 28.9 Å². The van der Waals surface area contributed by atoms with Crippen molar-refractivity contribution in [3.05, 3.63) is 108 Å². The highest BCUT2D eigenvalue weighted by atomic mass is 16.5. The predicted octanol–water partition coefficient (Wildman–Crippen LogP) is 6.41. The number of ether oxygens (including phenoxy) is 3. The summed E-state index contributed by atoms with van der Waals surface area (Å²) in [5, 5.41) is 15.7. The number of nitrogens with one attached hydrogen (secondary N) is 2. The molecule has 0 spiro atoms. The SMILES string of the molecule is COc1ccc(NC(=O)Nc2ccc3c(c2)CC(=O)N([C@H](C)CO)C[C@H](C)[C@H](CN(C)Cc2ccc(Oc4ccccc4)cc2)O3)cc1. The molecule has 0 saturated carbocycles. The third-order valence-corrected chi connectivity index (χ3v) is 8.37. The molecule has 1 aliphatic rings. The van der Waals surface area contributed by atoms with Gasteiger partial charge in [-0.05, 0) is 86.3 Å². The molecule has 5 rings (SSSR count). The van der Waals surface area contributed by atoms with Gasteiger partial charge in [-0.1, -0.05) is 37.3 Å². The largest absolute Gasteiger partial charge is 0.497 e. The summed E-state index contributed by atoms with van der Waals surface area (Å²) in [4.78, 5) is 30.3. The Morgan fingerprint density at radius 2 is 1.60 bits per heavy atom. The number of rotatable bonds is 11. The van der Waals surface area contributed by atoms with Crippen molar-refractivity contribution in [2.75, 3.05) is 44.5 Å². The number of para-hydroxylation sites is 1. The molecule has 10 nitrogen and oxygen atoms in total. The second kappa shape index (κ2) is 16.2. The number of amides is 3. The molecule has 0 unspecified atom stereocenters. The Balaban J connectivity index is 1.29. The number of hydrogen-bond acceptors (Lipinski definition) is 7. The van der Waals surface area contributed by atoms with Gasteiger partial charge in [0.25, 0.3) is 0 Å². The fourth-order valence-electron chi connectivity index (χ4n) is 5.66. The Hall–Kier alpha value is -5.06. The number of urea groups is 1. The fraction of sp³-hybridized carbons (Fsp3) is 0.316. The maximum Gasteiger partial charge on any atom is 0.323 e. The van der Waals surface area contributed by atoms with Gasteiger partial charge in [-0.3, -0.25) is 9.69 Å². The van der Waals surface area contributed by atoms with E-state index in [9.17, 15) is 14.7 Å². The summed E-state index contributed by atoms with van der Waals surface area (Å²) < 4.78 is 17.8. The average Bonchev–Trinajstić information content (AvgIpc) is 3.13. The number of likely N-dealkylation sites (N-methyl/N-ethyl adjacent to an activating group) is 1. The number of fused-ring (bicyclic) bond motifs is 1. The summed E-state index contributed by atoms with van der Waals surface area (Å²) >= 11 is 0. The van der Waals surface area contributed by atoms with Crippen LogP contribution in [0, 0.1) is 5.92 Å². The van der Waals surface area contributed by atoms with E-state index in [1.54, 1.807) is 48.4 Å². The first kappa shape index (κ1) is 34.3. The molecule has 0 saturated heterocycles. The first-order chi connectivity index (χ1) is 23.2. The van der Waals surface area contributed by atoms with Gasteiger partial charge in [0.1, 0.15) is 29.1 Å². The fourth-order valence-corrected chi connectivity index (χ4v) is 5.66. The van der Waals surface area contributed by atoms with Gasteiger partial charge in [0.15, 0.2) is 0 Å². The van der Waals surface area contributed by atoms with Crippen molar-refractivity contribution in [2.45, 2.75) is 39.0 Å². The lowest BCUT2D eigenvalue weighted by atomic mass is 10.0. The number of nitrogens with zero attached hydrogens (tertiary/aromatic N) is 2. The smallest absolute Gasteiger partial charge is 0.323 e. The lowest BCUT2D eigenvalue weighted by molar-refractivity contribution is -0.134. The van der Waals surface area contributed by atoms with Gasteiger partial charge in [-0.25, -0.2) is 4.79 Å². The molecule has 4 aromatic carbocycles. The number of carbonyl (C=O) groups is 2. The van der Waals surface area contributed by atoms with E-state index in [1.807, 2.05) is 62.5 Å². The van der Waals surface area contributed by atoms with Crippen molar-refractivity contribution in [3.63, 3.8) is 0 Å². The maximum atomic E-state index is 13.6. The Labute approximate surface area is 282 Å². The van der Waals surface area contributed by atoms with Crippen molar-refractivity contribution >= 4 is 23.3 Å². The molecule has 3 amide bonds. The Bertz CT molecular complexity index is 1650. The van der Waals surface area contributed by atoms with Crippen LogP contribution in [0.5, 0.6) is 23.0 Å². The number of aliphatic hydroxyl groups is 1. The summed E-state index contributed by atoms with van der Waals surface area (Å²) in [7, 11) is 3.63. The molecule has 1 aliphatic heterocycles. The quantitative estimate of drug-likeness (QED) is 0.172. The summed E-state index contributed by atoms with van der Waals surface area (Å²) in [5.41, 5.74) is 2.93. The zero-order valence-corrected chi connectivity index (χ0v) is 27.9. The van der Waals surface area contributed by atoms with Crippen LogP contribution in [-0.2, 0) is 17.8 Å². The first-order valence-electron chi connectivity index (χ1n) is 16.1. The molecule has 0 aromatic heterocycles. The van der Waals surface area contributed by atoms with E-state index in [-0.39, 0.29) is 37.0 Å². The summed E-state index contributed by atoms with van der Waals surface area (Å²) in [6.07, 6.45) is -0.187. The molecule has 3 atom stereocenters. The first-order valence-corrected chi connectivity index (χ1v) is 16.1. The van der Waals surface area contributed by atoms with Gasteiger partial charge >= 0.3 is 6.03 Å². The molecule has 252 valence electrons. The highest BCUT2D eigenvalue weighted by Gasteiger charge is 2.31. The number of benzene rings is 4. The van der Waals surface area contributed by atoms with Crippen LogP contribution in [0.1, 0.15) is 25.0 Å². The zero-order valence-electron chi connectivity index (χ0n) is 27.9. The van der Waals surface area contributed by atoms with Crippen molar-refractivity contribution in [1.82, 2.24) is 9.80 Å². The van der Waals surface area contributed by atoms with E-state index in [1.165, 1.54) is 0 Å². The van der Waals surface area contributed by atoms with Crippen LogP contribution >= 0.6 is 0 Å². The number of carbonyl (C=O) groups excluding carboxylic acids is 2. The monoisotopic (exact) mass is 652 g/mol. The Morgan fingerprint density at radius 1 is 0.958 bits per heavy atom. The molecular formula is C38H44N4O6. The minimum Gasteiger partial charge on any atom is -0.497 e. The van der Waals surface area contributed by atoms with E-state index in [0.29, 0.717) is 48.1 Å². The second-order valence-electron chi connectivity index (χ2n) is 12.3. The van der Waals surface area contributed by atoms with Crippen molar-refractivity contribution in [2.24, 2.45) is 5.92 Å². The van der Waals surface area contributed by atoms with Crippen LogP contribution in [0.2, 0.25) is 0 Å². The minimum atomic E-state index is -0.418. The summed E-state index contributed by atoms with van der Waals surface area (Å²) in [6.45, 7) is 5.50. The number of hydrogen-bond donors (Lipinski definition) is 3. The van der Waals surface area contributed by atoms with Crippen molar-refractivity contribution in [3.8, 4) is 23.0 Å². The van der Waals surface area contributed by atoms with Gasteiger partial charge < -0.3 is 34.9 Å². The van der Waals surface area contributed by atoms with Gasteiger partial charge in [0.2, 0.25) is 5.91 Å². The van der Waals surface area contributed by atoms with Crippen LogP contribution in [0.3, 0.4) is 0 Å². The van der Waals surface area contributed by atoms with Gasteiger partial charge in [-0.2, -0.15) is 0 Å². The van der Waals surface area contributed by atoms with E-state index >= 15 is 0 Å². The topological polar surface area (TPSA) is 113 Å². The molecule has 10 heteroatoms. The summed E-state index contributed by atoms with van der Waals surface area (Å²) in [5.74, 6) is 2.69. The van der Waals surface area contributed by atoms with E-state index in [0.717, 1.165) is 17.1 Å². The van der Waals surface area contributed by atoms with E-state index in [2.05, 4.69) is 34.6 Å². The van der Waals surface area contributed by atoms with Crippen LogP contribution in [0.15, 0.2) is 97.1 Å². The van der Waals surface area contributed by atoms with Gasteiger partial charge in [0.05, 0.1) is 26.2 Å². The van der Waals surface area contributed by atoms with Gasteiger partial charge in [0, 0.05) is 42.5 Å². The number of methoxy groups -OCH3 is 1. The Morgan fingerprint density at radius 3 is 2.29 bits per heavy atom. The highest BCUT2D eigenvalue weighted by molar-refractivity contribution is 6.00. The van der Waals surface area contributed by atoms with Crippen molar-refractivity contribution in [1.29, 1.82) is 0 Å². The number of aliphatic hydroxyl groups excluding tert-OH is 1. The predicted molar refractivity (Wildman–Crippen MR) is 187 cm³/mol. The molecule has 4 aromatic rings. The average molecular weight is 653 g/mol. The molecule has 48 heavy (non-hydrogen) atoms. The third kappa shape index (κ3) is 9.27. The normalized spacial score (nSPS) is 16.9. The van der Waals surface area contributed by atoms with E-state index in [4.69, 9.17) is 14.2 Å². The highest BCUT2D eigenvalue weighted by Crippen LogP contribution is 2.30. The number of anilines is 2. The van der Waals surface area contributed by atoms with Crippen LogP contribution in [-0.4, -0.2) is 72.8 Å². The molecule has 0 fully saturated rings. The lowest BCUT2D eigenvalue weighted by Gasteiger charge is -2.34. The molecule has 0 radical (unpaired) electrons. The van der Waals surface area contributed by atoms with Crippen LogP contribution < -0.4 is 24.8 Å². The minimum absolute atomic E-state index is 0.0360.